The van der Waals surface area contributed by atoms with E-state index in [4.69, 9.17) is 0 Å². The summed E-state index contributed by atoms with van der Waals surface area (Å²) in [6.07, 6.45) is 1.83. The SMILES string of the molecule is CN(C)CC(=O)N1CCN(c2ccc3ccc(C(=O)NCc4cccc(F)c4)cn23)CC1. The molecule has 1 aromatic carbocycles. The molecule has 0 saturated carbocycles. The number of pyridine rings is 1. The fourth-order valence-corrected chi connectivity index (χ4v) is 3.97. The maximum Gasteiger partial charge on any atom is 0.253 e. The van der Waals surface area contributed by atoms with E-state index in [9.17, 15) is 14.0 Å². The van der Waals surface area contributed by atoms with Crippen LogP contribution in [0.4, 0.5) is 10.2 Å². The van der Waals surface area contributed by atoms with Crippen molar-refractivity contribution in [3.8, 4) is 0 Å². The van der Waals surface area contributed by atoms with Crippen molar-refractivity contribution in [2.24, 2.45) is 0 Å². The first kappa shape index (κ1) is 21.8. The number of piperazine rings is 1. The van der Waals surface area contributed by atoms with Crippen LogP contribution in [0.25, 0.3) is 5.52 Å². The molecule has 2 aromatic heterocycles. The average Bonchev–Trinajstić information content (AvgIpc) is 3.20. The van der Waals surface area contributed by atoms with Crippen LogP contribution in [0.2, 0.25) is 0 Å². The Morgan fingerprint density at radius 3 is 2.50 bits per heavy atom. The number of aromatic nitrogens is 1. The van der Waals surface area contributed by atoms with Gasteiger partial charge < -0.3 is 24.4 Å². The minimum absolute atomic E-state index is 0.145. The Balaban J connectivity index is 1.44. The van der Waals surface area contributed by atoms with Crippen molar-refractivity contribution in [3.63, 3.8) is 0 Å². The van der Waals surface area contributed by atoms with E-state index in [1.807, 2.05) is 52.7 Å². The van der Waals surface area contributed by atoms with Crippen molar-refractivity contribution >= 4 is 23.1 Å². The number of anilines is 1. The number of amides is 2. The maximum atomic E-state index is 13.4. The molecule has 0 radical (unpaired) electrons. The number of fused-ring (bicyclic) bond motifs is 1. The zero-order valence-corrected chi connectivity index (χ0v) is 18.4. The molecular weight excluding hydrogens is 409 g/mol. The molecule has 3 heterocycles. The van der Waals surface area contributed by atoms with Crippen LogP contribution >= 0.6 is 0 Å². The van der Waals surface area contributed by atoms with Crippen LogP contribution in [0.1, 0.15) is 15.9 Å². The second kappa shape index (κ2) is 9.40. The summed E-state index contributed by atoms with van der Waals surface area (Å²) in [7, 11) is 3.79. The van der Waals surface area contributed by atoms with Gasteiger partial charge in [-0.25, -0.2) is 4.39 Å². The topological polar surface area (TPSA) is 60.3 Å². The number of hydrogen-bond donors (Lipinski definition) is 1. The zero-order valence-electron chi connectivity index (χ0n) is 18.4. The van der Waals surface area contributed by atoms with Gasteiger partial charge in [-0.15, -0.1) is 0 Å². The molecule has 0 aliphatic carbocycles. The van der Waals surface area contributed by atoms with Gasteiger partial charge in [0.05, 0.1) is 12.1 Å². The summed E-state index contributed by atoms with van der Waals surface area (Å²) in [6.45, 7) is 3.50. The van der Waals surface area contributed by atoms with Gasteiger partial charge in [-0.1, -0.05) is 12.1 Å². The van der Waals surface area contributed by atoms with Crippen LogP contribution in [0.15, 0.2) is 54.7 Å². The van der Waals surface area contributed by atoms with Crippen molar-refractivity contribution in [3.05, 3.63) is 71.7 Å². The third-order valence-corrected chi connectivity index (χ3v) is 5.64. The number of carbonyl (C=O) groups excluding carboxylic acids is 2. The predicted octanol–water partition coefficient (Wildman–Crippen LogP) is 2.22. The number of benzene rings is 1. The number of nitrogens with one attached hydrogen (secondary N) is 1. The van der Waals surface area contributed by atoms with Gasteiger partial charge in [0.25, 0.3) is 5.91 Å². The quantitative estimate of drug-likeness (QED) is 0.643. The molecule has 168 valence electrons. The summed E-state index contributed by atoms with van der Waals surface area (Å²) in [6, 6.07) is 14.0. The minimum atomic E-state index is -0.321. The van der Waals surface area contributed by atoms with Gasteiger partial charge in [-0.2, -0.15) is 0 Å². The van der Waals surface area contributed by atoms with E-state index in [-0.39, 0.29) is 24.2 Å². The van der Waals surface area contributed by atoms with Crippen LogP contribution in [0.5, 0.6) is 0 Å². The van der Waals surface area contributed by atoms with Gasteiger partial charge in [0, 0.05) is 44.4 Å². The van der Waals surface area contributed by atoms with Gasteiger partial charge in [-0.05, 0) is 56.1 Å². The second-order valence-electron chi connectivity index (χ2n) is 8.32. The molecule has 7 nitrogen and oxygen atoms in total. The van der Waals surface area contributed by atoms with Crippen molar-refractivity contribution in [2.75, 3.05) is 51.7 Å². The number of carbonyl (C=O) groups is 2. The smallest absolute Gasteiger partial charge is 0.253 e. The molecule has 1 saturated heterocycles. The fourth-order valence-electron chi connectivity index (χ4n) is 3.97. The van der Waals surface area contributed by atoms with Crippen molar-refractivity contribution < 1.29 is 14.0 Å². The number of hydrogen-bond acceptors (Lipinski definition) is 4. The fraction of sp³-hybridized carbons (Fsp3) is 0.333. The minimum Gasteiger partial charge on any atom is -0.354 e. The molecule has 0 atom stereocenters. The van der Waals surface area contributed by atoms with Crippen molar-refractivity contribution in [1.82, 2.24) is 19.5 Å². The van der Waals surface area contributed by atoms with Crippen LogP contribution in [-0.2, 0) is 11.3 Å². The van der Waals surface area contributed by atoms with Gasteiger partial charge >= 0.3 is 0 Å². The summed E-state index contributed by atoms with van der Waals surface area (Å²) >= 11 is 0. The third kappa shape index (κ3) is 4.91. The lowest BCUT2D eigenvalue weighted by Crippen LogP contribution is -2.51. The molecule has 1 N–H and O–H groups in total. The van der Waals surface area contributed by atoms with E-state index in [2.05, 4.69) is 10.2 Å². The standard InChI is InChI=1S/C24H28FN5O2/c1-27(2)17-23(31)29-12-10-28(11-13-29)22-9-8-21-7-6-19(16-30(21)22)24(32)26-15-18-4-3-5-20(25)14-18/h3-9,14,16H,10-13,15,17H2,1-2H3,(H,26,32). The van der Waals surface area contributed by atoms with Crippen LogP contribution in [-0.4, -0.2) is 72.8 Å². The van der Waals surface area contributed by atoms with E-state index in [1.165, 1.54) is 12.1 Å². The highest BCUT2D eigenvalue weighted by Gasteiger charge is 2.23. The Morgan fingerprint density at radius 2 is 1.78 bits per heavy atom. The molecule has 1 aliphatic heterocycles. The summed E-state index contributed by atoms with van der Waals surface area (Å²) in [4.78, 5) is 31.0. The molecule has 0 unspecified atom stereocenters. The Morgan fingerprint density at radius 1 is 1.03 bits per heavy atom. The third-order valence-electron chi connectivity index (χ3n) is 5.64. The first-order chi connectivity index (χ1) is 15.4. The Kier molecular flexibility index (Phi) is 6.41. The molecule has 2 amide bonds. The van der Waals surface area contributed by atoms with Crippen molar-refractivity contribution in [1.29, 1.82) is 0 Å². The predicted molar refractivity (Wildman–Crippen MR) is 122 cm³/mol. The lowest BCUT2D eigenvalue weighted by Gasteiger charge is -2.36. The molecule has 0 spiro atoms. The van der Waals surface area contributed by atoms with E-state index in [0.29, 0.717) is 30.8 Å². The molecule has 3 aromatic rings. The second-order valence-corrected chi connectivity index (χ2v) is 8.32. The first-order valence-corrected chi connectivity index (χ1v) is 10.7. The molecule has 1 fully saturated rings. The Labute approximate surface area is 187 Å². The van der Waals surface area contributed by atoms with Gasteiger partial charge in [0.1, 0.15) is 11.6 Å². The molecule has 8 heteroatoms. The van der Waals surface area contributed by atoms with Crippen LogP contribution in [0, 0.1) is 5.82 Å². The number of halogens is 1. The van der Waals surface area contributed by atoms with Gasteiger partial charge in [0.2, 0.25) is 5.91 Å². The summed E-state index contributed by atoms with van der Waals surface area (Å²) < 4.78 is 15.4. The zero-order chi connectivity index (χ0) is 22.7. The summed E-state index contributed by atoms with van der Waals surface area (Å²) in [5, 5.41) is 2.85. The monoisotopic (exact) mass is 437 g/mol. The highest BCUT2D eigenvalue weighted by molar-refractivity contribution is 5.94. The lowest BCUT2D eigenvalue weighted by atomic mass is 10.2. The maximum absolute atomic E-state index is 13.4. The Hall–Kier alpha value is -3.39. The molecule has 32 heavy (non-hydrogen) atoms. The van der Waals surface area contributed by atoms with Crippen molar-refractivity contribution in [2.45, 2.75) is 6.54 Å². The van der Waals surface area contributed by atoms with E-state index in [0.717, 1.165) is 24.4 Å². The normalized spacial score (nSPS) is 14.2. The lowest BCUT2D eigenvalue weighted by molar-refractivity contribution is -0.132. The van der Waals surface area contributed by atoms with E-state index < -0.39 is 0 Å². The molecular formula is C24H28FN5O2. The van der Waals surface area contributed by atoms with Crippen LogP contribution < -0.4 is 10.2 Å². The molecule has 1 aliphatic rings. The Bertz CT molecular complexity index is 1120. The summed E-state index contributed by atoms with van der Waals surface area (Å²) in [5.41, 5.74) is 2.24. The highest BCUT2D eigenvalue weighted by atomic mass is 19.1. The summed E-state index contributed by atoms with van der Waals surface area (Å²) in [5.74, 6) is 0.611. The van der Waals surface area contributed by atoms with Crippen LogP contribution in [0.3, 0.4) is 0 Å². The highest BCUT2D eigenvalue weighted by Crippen LogP contribution is 2.22. The number of nitrogens with zero attached hydrogens (tertiary/aromatic N) is 4. The van der Waals surface area contributed by atoms with Gasteiger partial charge in [-0.3, -0.25) is 9.59 Å². The largest absolute Gasteiger partial charge is 0.354 e. The number of rotatable bonds is 6. The molecule has 4 rings (SSSR count). The first-order valence-electron chi connectivity index (χ1n) is 10.7. The molecule has 0 bridgehead atoms. The van der Waals surface area contributed by atoms with Gasteiger partial charge in [0.15, 0.2) is 0 Å². The van der Waals surface area contributed by atoms with E-state index >= 15 is 0 Å². The average molecular weight is 438 g/mol. The number of likely N-dealkylation sites (N-methyl/N-ethyl adjacent to an activating group) is 1. The van der Waals surface area contributed by atoms with E-state index in [1.54, 1.807) is 18.2 Å².